The third kappa shape index (κ3) is 4.22. The lowest BCUT2D eigenvalue weighted by atomic mass is 9.95. The van der Waals surface area contributed by atoms with Gasteiger partial charge in [0, 0.05) is 29.3 Å². The third-order valence-electron chi connectivity index (χ3n) is 5.14. The molecule has 30 heavy (non-hydrogen) atoms. The first-order valence-electron chi connectivity index (χ1n) is 9.66. The molecule has 0 aliphatic carbocycles. The largest absolute Gasteiger partial charge is 0.389 e. The van der Waals surface area contributed by atoms with Crippen LogP contribution in [0.1, 0.15) is 25.8 Å². The van der Waals surface area contributed by atoms with Crippen molar-refractivity contribution in [1.82, 2.24) is 15.0 Å². The molecule has 0 amide bonds. The van der Waals surface area contributed by atoms with E-state index in [0.717, 1.165) is 5.56 Å². The summed E-state index contributed by atoms with van der Waals surface area (Å²) < 4.78 is 20.0. The molecule has 9 heteroatoms. The highest BCUT2D eigenvalue weighted by Gasteiger charge is 2.25. The van der Waals surface area contributed by atoms with E-state index in [1.807, 2.05) is 19.9 Å². The van der Waals surface area contributed by atoms with Gasteiger partial charge in [0.1, 0.15) is 11.3 Å². The highest BCUT2D eigenvalue weighted by Crippen LogP contribution is 2.31. The first kappa shape index (κ1) is 20.9. The molecule has 0 bridgehead atoms. The van der Waals surface area contributed by atoms with Gasteiger partial charge in [-0.25, -0.2) is 14.4 Å². The van der Waals surface area contributed by atoms with E-state index >= 15 is 0 Å². The topological polar surface area (TPSA) is 106 Å². The highest BCUT2D eigenvalue weighted by molar-refractivity contribution is 6.33. The van der Waals surface area contributed by atoms with Gasteiger partial charge in [-0.15, -0.1) is 0 Å². The summed E-state index contributed by atoms with van der Waals surface area (Å²) in [5.41, 5.74) is 7.48. The summed E-state index contributed by atoms with van der Waals surface area (Å²) in [5.74, 6) is -0.177. The van der Waals surface area contributed by atoms with Gasteiger partial charge in [-0.3, -0.25) is 4.98 Å². The van der Waals surface area contributed by atoms with Crippen LogP contribution in [0.3, 0.4) is 0 Å². The molecule has 3 aromatic rings. The van der Waals surface area contributed by atoms with Crippen molar-refractivity contribution < 1.29 is 14.2 Å². The maximum atomic E-state index is 14.8. The Hall–Kier alpha value is -2.39. The Balaban J connectivity index is 1.73. The van der Waals surface area contributed by atoms with Crippen LogP contribution in [0.25, 0.3) is 22.2 Å². The van der Waals surface area contributed by atoms with Gasteiger partial charge in [-0.1, -0.05) is 11.6 Å². The molecule has 1 aliphatic rings. The van der Waals surface area contributed by atoms with Crippen molar-refractivity contribution in [1.29, 1.82) is 0 Å². The molecule has 3 heterocycles. The fraction of sp³-hybridized carbons (Fsp3) is 0.381. The number of anilines is 1. The molecular weight excluding hydrogens is 409 g/mol. The molecule has 4 rings (SSSR count). The van der Waals surface area contributed by atoms with Crippen LogP contribution in [-0.4, -0.2) is 45.4 Å². The molecule has 0 saturated carbocycles. The zero-order valence-electron chi connectivity index (χ0n) is 16.7. The molecule has 0 radical (unpaired) electrons. The SMILES string of the molecule is CC(C)(N)c1cnc2c(F)cc(-c3nc(N[C@@H]4CCOC[C@H]4O)ncc3Cl)cc2c1. The van der Waals surface area contributed by atoms with Crippen LogP contribution >= 0.6 is 11.6 Å². The summed E-state index contributed by atoms with van der Waals surface area (Å²) >= 11 is 6.33. The minimum absolute atomic E-state index is 0.236. The summed E-state index contributed by atoms with van der Waals surface area (Å²) in [7, 11) is 0. The van der Waals surface area contributed by atoms with E-state index in [4.69, 9.17) is 22.1 Å². The molecular formula is C21H23ClFN5O2. The normalized spacial score (nSPS) is 19.8. The van der Waals surface area contributed by atoms with Crippen molar-refractivity contribution in [2.45, 2.75) is 38.0 Å². The van der Waals surface area contributed by atoms with Crippen molar-refractivity contribution in [2.75, 3.05) is 18.5 Å². The number of ether oxygens (including phenoxy) is 1. The summed E-state index contributed by atoms with van der Waals surface area (Å²) in [6.45, 7) is 4.51. The van der Waals surface area contributed by atoms with Gasteiger partial charge < -0.3 is 20.9 Å². The zero-order chi connectivity index (χ0) is 21.5. The molecule has 1 aliphatic heterocycles. The molecule has 2 aromatic heterocycles. The van der Waals surface area contributed by atoms with Crippen LogP contribution in [0.4, 0.5) is 10.3 Å². The second-order valence-electron chi connectivity index (χ2n) is 8.05. The van der Waals surface area contributed by atoms with E-state index in [1.54, 1.807) is 12.3 Å². The Morgan fingerprint density at radius 1 is 1.27 bits per heavy atom. The maximum absolute atomic E-state index is 14.8. The second kappa shape index (κ2) is 8.03. The smallest absolute Gasteiger partial charge is 0.223 e. The van der Waals surface area contributed by atoms with Crippen LogP contribution in [0.2, 0.25) is 5.02 Å². The van der Waals surface area contributed by atoms with Gasteiger partial charge in [0.15, 0.2) is 0 Å². The first-order chi connectivity index (χ1) is 14.2. The number of rotatable bonds is 4. The number of aliphatic hydroxyl groups excluding tert-OH is 1. The van der Waals surface area contributed by atoms with Gasteiger partial charge in [-0.05, 0) is 44.0 Å². The van der Waals surface area contributed by atoms with E-state index < -0.39 is 17.5 Å². The lowest BCUT2D eigenvalue weighted by molar-refractivity contribution is -0.0136. The lowest BCUT2D eigenvalue weighted by Gasteiger charge is -2.28. The molecule has 0 spiro atoms. The number of hydrogen-bond acceptors (Lipinski definition) is 7. The van der Waals surface area contributed by atoms with Crippen LogP contribution in [-0.2, 0) is 10.3 Å². The van der Waals surface area contributed by atoms with Crippen LogP contribution in [0.15, 0.2) is 30.6 Å². The average Bonchev–Trinajstić information content (AvgIpc) is 2.70. The van der Waals surface area contributed by atoms with Crippen LogP contribution < -0.4 is 11.1 Å². The monoisotopic (exact) mass is 431 g/mol. The van der Waals surface area contributed by atoms with Gasteiger partial charge >= 0.3 is 0 Å². The number of aromatic nitrogens is 3. The van der Waals surface area contributed by atoms with Crippen molar-refractivity contribution in [2.24, 2.45) is 5.73 Å². The van der Waals surface area contributed by atoms with E-state index in [-0.39, 0.29) is 23.2 Å². The quantitative estimate of drug-likeness (QED) is 0.582. The summed E-state index contributed by atoms with van der Waals surface area (Å²) in [6.07, 6.45) is 3.00. The molecule has 158 valence electrons. The Labute approximate surface area is 178 Å². The Kier molecular flexibility index (Phi) is 5.59. The number of aliphatic hydroxyl groups is 1. The number of benzene rings is 1. The van der Waals surface area contributed by atoms with E-state index in [0.29, 0.717) is 35.6 Å². The Morgan fingerprint density at radius 2 is 2.07 bits per heavy atom. The fourth-order valence-electron chi connectivity index (χ4n) is 3.39. The summed E-state index contributed by atoms with van der Waals surface area (Å²) in [4.78, 5) is 12.9. The van der Waals surface area contributed by atoms with E-state index in [2.05, 4.69) is 20.3 Å². The van der Waals surface area contributed by atoms with E-state index in [9.17, 15) is 9.50 Å². The van der Waals surface area contributed by atoms with Crippen LogP contribution in [0.5, 0.6) is 0 Å². The number of fused-ring (bicyclic) bond motifs is 1. The maximum Gasteiger partial charge on any atom is 0.223 e. The zero-order valence-corrected chi connectivity index (χ0v) is 17.4. The van der Waals surface area contributed by atoms with Crippen molar-refractivity contribution >= 4 is 28.5 Å². The van der Waals surface area contributed by atoms with Gasteiger partial charge in [0.05, 0.1) is 35.7 Å². The fourth-order valence-corrected chi connectivity index (χ4v) is 3.59. The van der Waals surface area contributed by atoms with Gasteiger partial charge in [0.2, 0.25) is 5.95 Å². The number of nitrogens with two attached hydrogens (primary N) is 1. The average molecular weight is 432 g/mol. The Morgan fingerprint density at radius 3 is 2.80 bits per heavy atom. The molecule has 1 aromatic carbocycles. The number of nitrogens with one attached hydrogen (secondary N) is 1. The molecule has 2 atom stereocenters. The van der Waals surface area contributed by atoms with Crippen molar-refractivity contribution in [3.8, 4) is 11.3 Å². The number of hydrogen-bond donors (Lipinski definition) is 3. The Bertz CT molecular complexity index is 1090. The summed E-state index contributed by atoms with van der Waals surface area (Å²) in [6, 6.07) is 4.72. The van der Waals surface area contributed by atoms with E-state index in [1.165, 1.54) is 12.3 Å². The predicted octanol–water partition coefficient (Wildman–Crippen LogP) is 3.24. The predicted molar refractivity (Wildman–Crippen MR) is 114 cm³/mol. The molecule has 0 unspecified atom stereocenters. The highest BCUT2D eigenvalue weighted by atomic mass is 35.5. The summed E-state index contributed by atoms with van der Waals surface area (Å²) in [5, 5.41) is 14.1. The van der Waals surface area contributed by atoms with Gasteiger partial charge in [0.25, 0.3) is 0 Å². The minimum atomic E-state index is -0.663. The molecule has 4 N–H and O–H groups in total. The standard InChI is InChI=1S/C21H23ClFN5O2/c1-21(2,24)13-6-11-5-12(7-15(23)19(11)25-8-13)18-14(22)9-26-20(28-18)27-16-3-4-30-10-17(16)29/h5-9,16-17,29H,3-4,10,24H2,1-2H3,(H,26,27,28)/t16-,17-/m1/s1. The molecule has 7 nitrogen and oxygen atoms in total. The molecule has 1 fully saturated rings. The first-order valence-corrected chi connectivity index (χ1v) is 10.0. The lowest BCUT2D eigenvalue weighted by Crippen LogP contribution is -2.42. The second-order valence-corrected chi connectivity index (χ2v) is 8.45. The van der Waals surface area contributed by atoms with Crippen molar-refractivity contribution in [3.63, 3.8) is 0 Å². The van der Waals surface area contributed by atoms with Gasteiger partial charge in [-0.2, -0.15) is 0 Å². The van der Waals surface area contributed by atoms with Crippen LogP contribution in [0, 0.1) is 5.82 Å². The number of halogens is 2. The number of nitrogens with zero attached hydrogens (tertiary/aromatic N) is 3. The third-order valence-corrected chi connectivity index (χ3v) is 5.42. The number of pyridine rings is 1. The molecule has 1 saturated heterocycles. The van der Waals surface area contributed by atoms with Crippen molar-refractivity contribution in [3.05, 3.63) is 47.0 Å². The minimum Gasteiger partial charge on any atom is -0.389 e.